The first kappa shape index (κ1) is 14.4. The maximum absolute atomic E-state index is 13.1. The number of aromatic nitrogens is 1. The maximum atomic E-state index is 13.1. The number of aromatic amines is 1. The molecular formula is C14H7F3N2O2S. The molecule has 0 unspecified atom stereocenters. The first-order chi connectivity index (χ1) is 10.4. The first-order valence-corrected chi connectivity index (χ1v) is 6.45. The van der Waals surface area contributed by atoms with E-state index in [2.05, 4.69) is 4.98 Å². The Labute approximate surface area is 127 Å². The van der Waals surface area contributed by atoms with Crippen LogP contribution in [0, 0.1) is 16.0 Å². The molecule has 0 saturated heterocycles. The number of pyridine rings is 1. The molecule has 0 saturated carbocycles. The molecule has 0 atom stereocenters. The second kappa shape index (κ2) is 5.03. The Bertz CT molecular complexity index is 853. The Morgan fingerprint density at radius 1 is 1.18 bits per heavy atom. The number of fused-ring (bicyclic) bond motifs is 1. The zero-order valence-corrected chi connectivity index (χ0v) is 11.6. The fraction of sp³-hybridized carbons (Fsp3) is 0.143. The lowest BCUT2D eigenvalue weighted by molar-refractivity contribution is -0.137. The zero-order valence-electron chi connectivity index (χ0n) is 10.8. The van der Waals surface area contributed by atoms with E-state index in [9.17, 15) is 13.2 Å². The molecule has 1 aliphatic rings. The molecule has 1 aliphatic heterocycles. The Kier molecular flexibility index (Phi) is 3.30. The summed E-state index contributed by atoms with van der Waals surface area (Å²) in [5.41, 5.74) is -1.06. The molecular weight excluding hydrogens is 317 g/mol. The largest absolute Gasteiger partial charge is 0.454 e. The number of alkyl halides is 3. The quantitative estimate of drug-likeness (QED) is 0.805. The number of halogens is 3. The summed E-state index contributed by atoms with van der Waals surface area (Å²) in [5, 5.41) is 8.88. The Balaban J connectivity index is 2.19. The van der Waals surface area contributed by atoms with Gasteiger partial charge in [-0.15, -0.1) is 0 Å². The number of nitrogens with one attached hydrogen (secondary N) is 1. The van der Waals surface area contributed by atoms with Crippen molar-refractivity contribution in [3.63, 3.8) is 0 Å². The van der Waals surface area contributed by atoms with E-state index in [-0.39, 0.29) is 17.1 Å². The van der Waals surface area contributed by atoms with Crippen molar-refractivity contribution in [1.82, 2.24) is 4.98 Å². The smallest absolute Gasteiger partial charge is 0.417 e. The van der Waals surface area contributed by atoms with E-state index in [1.165, 1.54) is 6.07 Å². The predicted molar refractivity (Wildman–Crippen MR) is 72.9 cm³/mol. The van der Waals surface area contributed by atoms with Crippen LogP contribution in [0.25, 0.3) is 11.3 Å². The molecule has 0 radical (unpaired) electrons. The summed E-state index contributed by atoms with van der Waals surface area (Å²) in [5.74, 6) is 0.960. The fourth-order valence-electron chi connectivity index (χ4n) is 2.11. The summed E-state index contributed by atoms with van der Waals surface area (Å²) in [7, 11) is 0. The van der Waals surface area contributed by atoms with E-state index in [1.54, 1.807) is 18.2 Å². The van der Waals surface area contributed by atoms with Crippen LogP contribution in [0.1, 0.15) is 11.1 Å². The van der Waals surface area contributed by atoms with Gasteiger partial charge in [0, 0.05) is 11.3 Å². The van der Waals surface area contributed by atoms with Gasteiger partial charge in [0.15, 0.2) is 11.5 Å². The molecule has 2 heterocycles. The van der Waals surface area contributed by atoms with Crippen molar-refractivity contribution in [2.24, 2.45) is 0 Å². The highest BCUT2D eigenvalue weighted by Crippen LogP contribution is 2.38. The van der Waals surface area contributed by atoms with Gasteiger partial charge in [-0.3, -0.25) is 0 Å². The van der Waals surface area contributed by atoms with Gasteiger partial charge in [-0.1, -0.05) is 12.2 Å². The van der Waals surface area contributed by atoms with Gasteiger partial charge >= 0.3 is 6.18 Å². The van der Waals surface area contributed by atoms with E-state index in [0.717, 1.165) is 6.07 Å². The minimum Gasteiger partial charge on any atom is -0.454 e. The summed E-state index contributed by atoms with van der Waals surface area (Å²) in [6.07, 6.45) is -4.67. The molecule has 3 rings (SSSR count). The van der Waals surface area contributed by atoms with Gasteiger partial charge in [0.25, 0.3) is 0 Å². The van der Waals surface area contributed by atoms with Crippen LogP contribution in [0.4, 0.5) is 13.2 Å². The highest BCUT2D eigenvalue weighted by Gasteiger charge is 2.35. The predicted octanol–water partition coefficient (Wildman–Crippen LogP) is 4.03. The van der Waals surface area contributed by atoms with E-state index in [0.29, 0.717) is 17.1 Å². The summed E-state index contributed by atoms with van der Waals surface area (Å²) in [6, 6.07) is 7.09. The van der Waals surface area contributed by atoms with Crippen LogP contribution in [0.2, 0.25) is 0 Å². The minimum absolute atomic E-state index is 0.0654. The molecule has 0 spiro atoms. The third kappa shape index (κ3) is 2.40. The number of hydrogen-bond donors (Lipinski definition) is 1. The van der Waals surface area contributed by atoms with Gasteiger partial charge in [-0.05, 0) is 24.3 Å². The Morgan fingerprint density at radius 2 is 1.91 bits per heavy atom. The number of ether oxygens (including phenoxy) is 2. The highest BCUT2D eigenvalue weighted by atomic mass is 32.1. The van der Waals surface area contributed by atoms with Crippen molar-refractivity contribution in [1.29, 1.82) is 5.26 Å². The average Bonchev–Trinajstić information content (AvgIpc) is 2.92. The summed E-state index contributed by atoms with van der Waals surface area (Å²) >= 11 is 4.86. The van der Waals surface area contributed by atoms with Crippen LogP contribution >= 0.6 is 12.2 Å². The molecule has 2 aromatic rings. The summed E-state index contributed by atoms with van der Waals surface area (Å²) in [6.45, 7) is 0.0654. The lowest BCUT2D eigenvalue weighted by Crippen LogP contribution is -2.09. The van der Waals surface area contributed by atoms with E-state index in [1.807, 2.05) is 0 Å². The molecule has 0 bridgehead atoms. The summed E-state index contributed by atoms with van der Waals surface area (Å²) < 4.78 is 49.3. The first-order valence-electron chi connectivity index (χ1n) is 6.05. The molecule has 1 aromatic carbocycles. The molecule has 22 heavy (non-hydrogen) atoms. The monoisotopic (exact) mass is 324 g/mol. The van der Waals surface area contributed by atoms with Crippen LogP contribution in [-0.4, -0.2) is 11.8 Å². The van der Waals surface area contributed by atoms with Crippen molar-refractivity contribution < 1.29 is 22.6 Å². The third-order valence-electron chi connectivity index (χ3n) is 3.13. The second-order valence-electron chi connectivity index (χ2n) is 4.48. The molecule has 1 N–H and O–H groups in total. The van der Waals surface area contributed by atoms with Crippen LogP contribution in [-0.2, 0) is 6.18 Å². The molecule has 0 aliphatic carbocycles. The molecule has 8 heteroatoms. The van der Waals surface area contributed by atoms with Gasteiger partial charge < -0.3 is 14.5 Å². The summed E-state index contributed by atoms with van der Waals surface area (Å²) in [4.78, 5) is 2.64. The lowest BCUT2D eigenvalue weighted by Gasteiger charge is -2.11. The number of hydrogen-bond acceptors (Lipinski definition) is 4. The SMILES string of the molecule is N#Cc1c(C(F)(F)F)cc(-c2ccc3c(c2)OCO3)[nH]c1=S. The van der Waals surface area contributed by atoms with Crippen LogP contribution in [0.3, 0.4) is 0 Å². The highest BCUT2D eigenvalue weighted by molar-refractivity contribution is 7.71. The zero-order chi connectivity index (χ0) is 15.9. The van der Waals surface area contributed by atoms with E-state index in [4.69, 9.17) is 27.0 Å². The Morgan fingerprint density at radius 3 is 2.59 bits per heavy atom. The van der Waals surface area contributed by atoms with Crippen molar-refractivity contribution in [3.05, 3.63) is 40.0 Å². The van der Waals surface area contributed by atoms with Gasteiger partial charge in [-0.2, -0.15) is 18.4 Å². The Hall–Kier alpha value is -2.53. The topological polar surface area (TPSA) is 58.0 Å². The van der Waals surface area contributed by atoms with Crippen molar-refractivity contribution in [2.45, 2.75) is 6.18 Å². The second-order valence-corrected chi connectivity index (χ2v) is 4.89. The van der Waals surface area contributed by atoms with Crippen LogP contribution in [0.5, 0.6) is 11.5 Å². The number of H-pyrrole nitrogens is 1. The average molecular weight is 324 g/mol. The van der Waals surface area contributed by atoms with Crippen LogP contribution in [0.15, 0.2) is 24.3 Å². The van der Waals surface area contributed by atoms with Crippen molar-refractivity contribution in [3.8, 4) is 28.8 Å². The molecule has 112 valence electrons. The molecule has 0 fully saturated rings. The maximum Gasteiger partial charge on any atom is 0.417 e. The number of rotatable bonds is 1. The minimum atomic E-state index is -4.67. The molecule has 1 aromatic heterocycles. The third-order valence-corrected chi connectivity index (χ3v) is 3.44. The van der Waals surface area contributed by atoms with Crippen molar-refractivity contribution in [2.75, 3.05) is 6.79 Å². The standard InChI is InChI=1S/C14H7F3N2O2S/c15-14(16,17)9-4-10(19-13(22)8(9)5-18)7-1-2-11-12(3-7)21-6-20-11/h1-4H,6H2,(H,19,22). The van der Waals surface area contributed by atoms with Crippen LogP contribution < -0.4 is 9.47 Å². The van der Waals surface area contributed by atoms with Gasteiger partial charge in [0.05, 0.1) is 11.1 Å². The van der Waals surface area contributed by atoms with Gasteiger partial charge in [0.1, 0.15) is 10.7 Å². The normalized spacial score (nSPS) is 13.0. The molecule has 4 nitrogen and oxygen atoms in total. The number of benzene rings is 1. The van der Waals surface area contributed by atoms with Gasteiger partial charge in [0.2, 0.25) is 6.79 Å². The van der Waals surface area contributed by atoms with E-state index >= 15 is 0 Å². The molecule has 0 amide bonds. The fourth-order valence-corrected chi connectivity index (χ4v) is 2.38. The lowest BCUT2D eigenvalue weighted by atomic mass is 10.0. The van der Waals surface area contributed by atoms with Crippen molar-refractivity contribution >= 4 is 12.2 Å². The van der Waals surface area contributed by atoms with Gasteiger partial charge in [-0.25, -0.2) is 0 Å². The number of nitriles is 1. The van der Waals surface area contributed by atoms with E-state index < -0.39 is 17.3 Å². The number of nitrogens with zero attached hydrogens (tertiary/aromatic N) is 1.